The van der Waals surface area contributed by atoms with E-state index in [9.17, 15) is 18.3 Å². The van der Waals surface area contributed by atoms with Crippen molar-refractivity contribution >= 4 is 33.2 Å². The Hall–Kier alpha value is -2.09. The van der Waals surface area contributed by atoms with Crippen LogP contribution in [0.4, 0.5) is 5.69 Å². The summed E-state index contributed by atoms with van der Waals surface area (Å²) >= 11 is 5.81. The van der Waals surface area contributed by atoms with Crippen molar-refractivity contribution in [1.29, 1.82) is 0 Å². The molecule has 0 unspecified atom stereocenters. The second-order valence-electron chi connectivity index (χ2n) is 5.66. The summed E-state index contributed by atoms with van der Waals surface area (Å²) in [5.74, 6) is -0.158. The summed E-state index contributed by atoms with van der Waals surface area (Å²) in [7, 11) is -3.76. The summed E-state index contributed by atoms with van der Waals surface area (Å²) in [5, 5.41) is 15.0. The minimum atomic E-state index is -3.76. The molecule has 1 atom stereocenters. The number of nitrogens with two attached hydrogens (primary N) is 1. The van der Waals surface area contributed by atoms with E-state index in [4.69, 9.17) is 16.7 Å². The number of phenolic OH excluding ortho intramolecular Hbond substituents is 1. The monoisotopic (exact) mass is 366 g/mol. The molecule has 1 saturated heterocycles. The van der Waals surface area contributed by atoms with Gasteiger partial charge in [-0.2, -0.15) is 0 Å². The van der Waals surface area contributed by atoms with E-state index in [1.807, 2.05) is 0 Å². The van der Waals surface area contributed by atoms with Crippen molar-refractivity contribution in [2.24, 2.45) is 5.14 Å². The van der Waals surface area contributed by atoms with Gasteiger partial charge in [-0.25, -0.2) is 13.6 Å². The summed E-state index contributed by atoms with van der Waals surface area (Å²) in [6.07, 6.45) is 0.304. The SMILES string of the molecule is NS(=O)(=O)c1ccc(N2C[C@@H](c3ccc(Cl)c(O)c3)CC2=O)cc1. The topological polar surface area (TPSA) is 101 Å². The van der Waals surface area contributed by atoms with E-state index in [1.165, 1.54) is 12.1 Å². The van der Waals surface area contributed by atoms with Gasteiger partial charge >= 0.3 is 0 Å². The molecular weight excluding hydrogens is 352 g/mol. The van der Waals surface area contributed by atoms with Crippen LogP contribution in [0.2, 0.25) is 5.02 Å². The molecule has 1 amide bonds. The van der Waals surface area contributed by atoms with E-state index in [1.54, 1.807) is 35.2 Å². The summed E-state index contributed by atoms with van der Waals surface area (Å²) in [4.78, 5) is 13.9. The average molecular weight is 367 g/mol. The van der Waals surface area contributed by atoms with Crippen LogP contribution in [0.25, 0.3) is 0 Å². The van der Waals surface area contributed by atoms with Gasteiger partial charge in [0.2, 0.25) is 15.9 Å². The highest BCUT2D eigenvalue weighted by Gasteiger charge is 2.32. The van der Waals surface area contributed by atoms with Crippen LogP contribution in [0.1, 0.15) is 17.9 Å². The lowest BCUT2D eigenvalue weighted by atomic mass is 9.98. The van der Waals surface area contributed by atoms with E-state index in [0.29, 0.717) is 18.7 Å². The molecule has 0 spiro atoms. The van der Waals surface area contributed by atoms with Crippen molar-refractivity contribution in [1.82, 2.24) is 0 Å². The molecule has 3 rings (SSSR count). The molecule has 3 N–H and O–H groups in total. The molecule has 8 heteroatoms. The summed E-state index contributed by atoms with van der Waals surface area (Å²) in [6.45, 7) is 0.439. The predicted octanol–water partition coefficient (Wildman–Crippen LogP) is 2.21. The smallest absolute Gasteiger partial charge is 0.238 e. The van der Waals surface area contributed by atoms with Crippen LogP contribution in [0.5, 0.6) is 5.75 Å². The second kappa shape index (κ2) is 6.08. The van der Waals surface area contributed by atoms with Crippen LogP contribution < -0.4 is 10.0 Å². The maximum absolute atomic E-state index is 12.3. The molecule has 0 aliphatic carbocycles. The Bertz CT molecular complexity index is 897. The Kier molecular flexibility index (Phi) is 4.25. The molecule has 0 bridgehead atoms. The third kappa shape index (κ3) is 3.24. The minimum Gasteiger partial charge on any atom is -0.506 e. The fourth-order valence-corrected chi connectivity index (χ4v) is 3.41. The summed E-state index contributed by atoms with van der Waals surface area (Å²) < 4.78 is 22.6. The number of carbonyl (C=O) groups is 1. The highest BCUT2D eigenvalue weighted by molar-refractivity contribution is 7.89. The van der Waals surface area contributed by atoms with Gasteiger partial charge in [-0.15, -0.1) is 0 Å². The van der Waals surface area contributed by atoms with Gasteiger partial charge in [0.05, 0.1) is 9.92 Å². The normalized spacial score (nSPS) is 18.2. The van der Waals surface area contributed by atoms with E-state index < -0.39 is 10.0 Å². The minimum absolute atomic E-state index is 0.00271. The quantitative estimate of drug-likeness (QED) is 0.869. The van der Waals surface area contributed by atoms with Crippen LogP contribution >= 0.6 is 11.6 Å². The summed E-state index contributed by atoms with van der Waals surface area (Å²) in [6, 6.07) is 10.8. The first-order valence-corrected chi connectivity index (χ1v) is 9.10. The van der Waals surface area contributed by atoms with Gasteiger partial charge in [-0.05, 0) is 42.0 Å². The molecule has 1 heterocycles. The molecule has 0 aromatic heterocycles. The molecule has 126 valence electrons. The maximum Gasteiger partial charge on any atom is 0.238 e. The van der Waals surface area contributed by atoms with Crippen molar-refractivity contribution < 1.29 is 18.3 Å². The molecule has 0 radical (unpaired) electrons. The predicted molar refractivity (Wildman–Crippen MR) is 90.6 cm³/mol. The molecule has 1 fully saturated rings. The second-order valence-corrected chi connectivity index (χ2v) is 7.62. The maximum atomic E-state index is 12.3. The number of hydrogen-bond acceptors (Lipinski definition) is 4. The van der Waals surface area contributed by atoms with E-state index in [2.05, 4.69) is 0 Å². The number of hydrogen-bond donors (Lipinski definition) is 2. The van der Waals surface area contributed by atoms with E-state index >= 15 is 0 Å². The summed E-state index contributed by atoms with van der Waals surface area (Å²) in [5.41, 5.74) is 1.43. The number of carbonyl (C=O) groups excluding carboxylic acids is 1. The van der Waals surface area contributed by atoms with Gasteiger partial charge in [0.25, 0.3) is 0 Å². The van der Waals surface area contributed by atoms with Crippen molar-refractivity contribution in [2.75, 3.05) is 11.4 Å². The lowest BCUT2D eigenvalue weighted by Crippen LogP contribution is -2.24. The van der Waals surface area contributed by atoms with Crippen LogP contribution in [-0.4, -0.2) is 26.0 Å². The van der Waals surface area contributed by atoms with Crippen LogP contribution in [0.15, 0.2) is 47.4 Å². The first-order chi connectivity index (χ1) is 11.3. The number of rotatable bonds is 3. The first-order valence-electron chi connectivity index (χ1n) is 7.17. The number of phenols is 1. The van der Waals surface area contributed by atoms with Gasteiger partial charge < -0.3 is 10.0 Å². The zero-order chi connectivity index (χ0) is 17.5. The molecule has 2 aromatic rings. The van der Waals surface area contributed by atoms with Crippen molar-refractivity contribution in [2.45, 2.75) is 17.2 Å². The number of halogens is 1. The van der Waals surface area contributed by atoms with Gasteiger partial charge in [0, 0.05) is 24.6 Å². The molecule has 1 aliphatic rings. The van der Waals surface area contributed by atoms with Crippen LogP contribution in [-0.2, 0) is 14.8 Å². The van der Waals surface area contributed by atoms with Crippen LogP contribution in [0, 0.1) is 0 Å². The number of benzene rings is 2. The Labute approximate surface area is 144 Å². The third-order valence-corrected chi connectivity index (χ3v) is 5.29. The first kappa shape index (κ1) is 16.8. The fourth-order valence-electron chi connectivity index (χ4n) is 2.78. The Balaban J connectivity index is 1.83. The molecular formula is C16H15ClN2O4S. The fraction of sp³-hybridized carbons (Fsp3) is 0.188. The molecule has 1 aliphatic heterocycles. The number of nitrogens with zero attached hydrogens (tertiary/aromatic N) is 1. The van der Waals surface area contributed by atoms with E-state index in [-0.39, 0.29) is 27.5 Å². The van der Waals surface area contributed by atoms with Crippen molar-refractivity contribution in [3.05, 3.63) is 53.1 Å². The van der Waals surface area contributed by atoms with Gasteiger partial charge in [-0.3, -0.25) is 4.79 Å². The molecule has 6 nitrogen and oxygen atoms in total. The standard InChI is InChI=1S/C16H15ClN2O4S/c17-14-6-1-10(7-15(14)20)11-8-16(21)19(9-11)12-2-4-13(5-3-12)24(18,22)23/h1-7,11,20H,8-9H2,(H2,18,22,23)/t11-/m0/s1. The third-order valence-electron chi connectivity index (χ3n) is 4.04. The molecule has 2 aromatic carbocycles. The number of anilines is 1. The van der Waals surface area contributed by atoms with Gasteiger partial charge in [0.1, 0.15) is 5.75 Å². The highest BCUT2D eigenvalue weighted by atomic mass is 35.5. The zero-order valence-corrected chi connectivity index (χ0v) is 14.1. The molecule has 0 saturated carbocycles. The van der Waals surface area contributed by atoms with Crippen molar-refractivity contribution in [3.63, 3.8) is 0 Å². The van der Waals surface area contributed by atoms with Crippen LogP contribution in [0.3, 0.4) is 0 Å². The highest BCUT2D eigenvalue weighted by Crippen LogP contribution is 2.35. The largest absolute Gasteiger partial charge is 0.506 e. The zero-order valence-electron chi connectivity index (χ0n) is 12.5. The number of sulfonamides is 1. The Morgan fingerprint density at radius 3 is 2.42 bits per heavy atom. The number of amides is 1. The van der Waals surface area contributed by atoms with E-state index in [0.717, 1.165) is 5.56 Å². The lowest BCUT2D eigenvalue weighted by Gasteiger charge is -2.17. The molecule has 24 heavy (non-hydrogen) atoms. The van der Waals surface area contributed by atoms with Gasteiger partial charge in [-0.1, -0.05) is 17.7 Å². The number of primary sulfonamides is 1. The lowest BCUT2D eigenvalue weighted by molar-refractivity contribution is -0.117. The van der Waals surface area contributed by atoms with Crippen molar-refractivity contribution in [3.8, 4) is 5.75 Å². The number of aromatic hydroxyl groups is 1. The van der Waals surface area contributed by atoms with Gasteiger partial charge in [0.15, 0.2) is 0 Å². The average Bonchev–Trinajstić information content (AvgIpc) is 2.91. The Morgan fingerprint density at radius 1 is 1.17 bits per heavy atom. The Morgan fingerprint density at radius 2 is 1.83 bits per heavy atom.